The summed E-state index contributed by atoms with van der Waals surface area (Å²) in [5.41, 5.74) is 0.331. The second-order valence-electron chi connectivity index (χ2n) is 11.6. The summed E-state index contributed by atoms with van der Waals surface area (Å²) < 4.78 is 0. The van der Waals surface area contributed by atoms with Gasteiger partial charge in [-0.25, -0.2) is 0 Å². The van der Waals surface area contributed by atoms with Crippen molar-refractivity contribution >= 4 is 5.78 Å². The lowest BCUT2D eigenvalue weighted by molar-refractivity contribution is -0.174. The third kappa shape index (κ3) is 3.11. The van der Waals surface area contributed by atoms with Gasteiger partial charge in [-0.2, -0.15) is 0 Å². The van der Waals surface area contributed by atoms with Gasteiger partial charge in [0.15, 0.2) is 0 Å². The molecular formula is C25H42O3. The number of carbonyl (C=O) groups excluding carboxylic acids is 1. The Labute approximate surface area is 171 Å². The number of hydrogen-bond donors (Lipinski definition) is 2. The number of hydrogen-bond acceptors (Lipinski definition) is 3. The Hall–Kier alpha value is -0.410. The van der Waals surface area contributed by atoms with E-state index in [-0.39, 0.29) is 17.6 Å². The van der Waals surface area contributed by atoms with Crippen LogP contribution in [0.25, 0.3) is 0 Å². The molecule has 0 spiro atoms. The Balaban J connectivity index is 1.56. The van der Waals surface area contributed by atoms with E-state index in [1.54, 1.807) is 6.92 Å². The largest absolute Gasteiger partial charge is 0.393 e. The van der Waals surface area contributed by atoms with Gasteiger partial charge in [-0.1, -0.05) is 20.8 Å². The molecule has 4 saturated carbocycles. The van der Waals surface area contributed by atoms with Crippen molar-refractivity contribution in [1.82, 2.24) is 0 Å². The number of aliphatic hydroxyl groups is 2. The van der Waals surface area contributed by atoms with Crippen LogP contribution in [0.5, 0.6) is 0 Å². The summed E-state index contributed by atoms with van der Waals surface area (Å²) in [5, 5.41) is 21.7. The highest BCUT2D eigenvalue weighted by molar-refractivity contribution is 5.75. The minimum Gasteiger partial charge on any atom is -0.393 e. The summed E-state index contributed by atoms with van der Waals surface area (Å²) in [5.74, 6) is 4.00. The predicted molar refractivity (Wildman–Crippen MR) is 112 cm³/mol. The summed E-state index contributed by atoms with van der Waals surface area (Å²) in [6.07, 6.45) is 10.4. The molecule has 28 heavy (non-hydrogen) atoms. The highest BCUT2D eigenvalue weighted by Gasteiger charge is 2.63. The lowest BCUT2D eigenvalue weighted by atomic mass is 9.43. The second kappa shape index (κ2) is 7.38. The van der Waals surface area contributed by atoms with E-state index in [9.17, 15) is 15.0 Å². The molecule has 4 unspecified atom stereocenters. The highest BCUT2D eigenvalue weighted by Crippen LogP contribution is 2.68. The first kappa shape index (κ1) is 20.8. The first-order chi connectivity index (χ1) is 13.2. The number of aliphatic hydroxyl groups excluding tert-OH is 2. The van der Waals surface area contributed by atoms with E-state index in [0.29, 0.717) is 47.2 Å². The lowest BCUT2D eigenvalue weighted by Crippen LogP contribution is -2.58. The molecule has 10 atom stereocenters. The van der Waals surface area contributed by atoms with Crippen molar-refractivity contribution in [1.29, 1.82) is 0 Å². The lowest BCUT2D eigenvalue weighted by Gasteiger charge is -2.62. The Bertz CT molecular complexity index is 603. The molecule has 0 radical (unpaired) electrons. The number of fused-ring (bicyclic) bond motifs is 5. The molecule has 160 valence electrons. The molecule has 0 aromatic heterocycles. The minimum absolute atomic E-state index is 0.0226. The van der Waals surface area contributed by atoms with Gasteiger partial charge in [0.05, 0.1) is 12.2 Å². The Morgan fingerprint density at radius 3 is 2.50 bits per heavy atom. The van der Waals surface area contributed by atoms with Crippen molar-refractivity contribution in [2.24, 2.45) is 46.3 Å². The zero-order chi connectivity index (χ0) is 20.3. The Morgan fingerprint density at radius 1 is 1.04 bits per heavy atom. The van der Waals surface area contributed by atoms with Gasteiger partial charge in [0.25, 0.3) is 0 Å². The third-order valence-electron chi connectivity index (χ3n) is 10.5. The van der Waals surface area contributed by atoms with Gasteiger partial charge in [0.1, 0.15) is 5.78 Å². The van der Waals surface area contributed by atoms with Crippen LogP contribution >= 0.6 is 0 Å². The fraction of sp³-hybridized carbons (Fsp3) is 0.960. The van der Waals surface area contributed by atoms with Gasteiger partial charge in [0, 0.05) is 6.42 Å². The zero-order valence-electron chi connectivity index (χ0n) is 18.5. The summed E-state index contributed by atoms with van der Waals surface area (Å²) in [7, 11) is 0. The van der Waals surface area contributed by atoms with Crippen LogP contribution in [0, 0.1) is 46.3 Å². The monoisotopic (exact) mass is 390 g/mol. The van der Waals surface area contributed by atoms with E-state index in [0.717, 1.165) is 38.0 Å². The number of ketones is 1. The van der Waals surface area contributed by atoms with E-state index in [1.165, 1.54) is 25.7 Å². The van der Waals surface area contributed by atoms with Crippen LogP contribution in [0.4, 0.5) is 0 Å². The average Bonchev–Trinajstić information content (AvgIpc) is 3.00. The van der Waals surface area contributed by atoms with Crippen molar-refractivity contribution in [3.05, 3.63) is 0 Å². The van der Waals surface area contributed by atoms with E-state index in [2.05, 4.69) is 20.8 Å². The fourth-order valence-electron chi connectivity index (χ4n) is 8.79. The second-order valence-corrected chi connectivity index (χ2v) is 11.6. The molecule has 4 aliphatic rings. The van der Waals surface area contributed by atoms with Crippen LogP contribution < -0.4 is 0 Å². The maximum Gasteiger partial charge on any atom is 0.129 e. The van der Waals surface area contributed by atoms with Crippen molar-refractivity contribution in [3.63, 3.8) is 0 Å². The molecule has 0 aliphatic heterocycles. The molecule has 3 heteroatoms. The minimum atomic E-state index is -0.214. The normalized spacial score (nSPS) is 51.7. The van der Waals surface area contributed by atoms with Crippen molar-refractivity contribution in [2.75, 3.05) is 0 Å². The van der Waals surface area contributed by atoms with Crippen LogP contribution in [0.3, 0.4) is 0 Å². The summed E-state index contributed by atoms with van der Waals surface area (Å²) >= 11 is 0. The van der Waals surface area contributed by atoms with Crippen LogP contribution in [0.2, 0.25) is 0 Å². The average molecular weight is 391 g/mol. The number of rotatable bonds is 4. The van der Waals surface area contributed by atoms with Crippen LogP contribution in [0.15, 0.2) is 0 Å². The SMILES string of the molecule is CC(=O)CC[C@@H](C)[C@H]1CCC2C3CCC4C[C@H](O)CC[C@]4(C)C3C[C@H](O)[C@@]21C. The van der Waals surface area contributed by atoms with Gasteiger partial charge >= 0.3 is 0 Å². The molecule has 2 N–H and O–H groups in total. The fourth-order valence-corrected chi connectivity index (χ4v) is 8.79. The number of carbonyl (C=O) groups is 1. The number of Topliss-reactive ketones (excluding diaryl/α,β-unsaturated/α-hetero) is 1. The van der Waals surface area contributed by atoms with Gasteiger partial charge in [-0.3, -0.25) is 0 Å². The van der Waals surface area contributed by atoms with Gasteiger partial charge in [-0.05, 0) is 111 Å². The molecule has 4 fully saturated rings. The predicted octanol–water partition coefficient (Wildman–Crippen LogP) is 4.98. The molecule has 0 amide bonds. The van der Waals surface area contributed by atoms with Crippen molar-refractivity contribution in [3.8, 4) is 0 Å². The van der Waals surface area contributed by atoms with Crippen LogP contribution in [0.1, 0.15) is 91.9 Å². The first-order valence-corrected chi connectivity index (χ1v) is 12.0. The first-order valence-electron chi connectivity index (χ1n) is 12.0. The molecule has 4 aliphatic carbocycles. The molecule has 3 nitrogen and oxygen atoms in total. The van der Waals surface area contributed by atoms with E-state index in [4.69, 9.17) is 0 Å². The summed E-state index contributed by atoms with van der Waals surface area (Å²) in [4.78, 5) is 11.5. The standard InChI is InChI=1S/C25H42O3/c1-15(5-6-16(2)26)20-9-10-21-19-8-7-17-13-18(27)11-12-24(17,3)22(19)14-23(28)25(20,21)4/h15,17-23,27-28H,5-14H2,1-4H3/t15-,17?,18-,19?,20-,21?,22?,23+,24+,25-/m1/s1. The molecule has 0 heterocycles. The molecular weight excluding hydrogens is 348 g/mol. The quantitative estimate of drug-likeness (QED) is 0.711. The van der Waals surface area contributed by atoms with Crippen LogP contribution in [-0.4, -0.2) is 28.2 Å². The van der Waals surface area contributed by atoms with Crippen molar-refractivity contribution in [2.45, 2.75) is 104 Å². The third-order valence-corrected chi connectivity index (χ3v) is 10.5. The van der Waals surface area contributed by atoms with E-state index < -0.39 is 0 Å². The summed E-state index contributed by atoms with van der Waals surface area (Å²) in [6.45, 7) is 8.89. The smallest absolute Gasteiger partial charge is 0.129 e. The molecule has 0 saturated heterocycles. The molecule has 0 aromatic rings. The maximum atomic E-state index is 11.5. The van der Waals surface area contributed by atoms with Gasteiger partial charge < -0.3 is 15.0 Å². The zero-order valence-corrected chi connectivity index (χ0v) is 18.5. The van der Waals surface area contributed by atoms with Gasteiger partial charge in [0.2, 0.25) is 0 Å². The highest BCUT2D eigenvalue weighted by atomic mass is 16.3. The summed E-state index contributed by atoms with van der Waals surface area (Å²) in [6, 6.07) is 0. The van der Waals surface area contributed by atoms with Crippen molar-refractivity contribution < 1.29 is 15.0 Å². The Kier molecular flexibility index (Phi) is 5.49. The van der Waals surface area contributed by atoms with Gasteiger partial charge in [-0.15, -0.1) is 0 Å². The maximum absolute atomic E-state index is 11.5. The Morgan fingerprint density at radius 2 is 1.79 bits per heavy atom. The molecule has 0 bridgehead atoms. The molecule has 0 aromatic carbocycles. The topological polar surface area (TPSA) is 57.5 Å². The molecule has 4 rings (SSSR count). The van der Waals surface area contributed by atoms with E-state index >= 15 is 0 Å². The van der Waals surface area contributed by atoms with Crippen LogP contribution in [-0.2, 0) is 4.79 Å². The van der Waals surface area contributed by atoms with E-state index in [1.807, 2.05) is 0 Å².